The number of carbonyl (C=O) groups excluding carboxylic acids is 1. The first-order chi connectivity index (χ1) is 14.3. The highest BCUT2D eigenvalue weighted by Crippen LogP contribution is 2.39. The molecule has 4 nitrogen and oxygen atoms in total. The molecule has 1 aliphatic heterocycles. The van der Waals surface area contributed by atoms with Gasteiger partial charge in [-0.15, -0.1) is 0 Å². The summed E-state index contributed by atoms with van der Waals surface area (Å²) in [5.74, 6) is 1.45. The summed E-state index contributed by atoms with van der Waals surface area (Å²) in [7, 11) is 1.59. The minimum absolute atomic E-state index is 0.0585. The SMILES string of the molecule is COc1cc(/C=C2\SC(=S)N(CC(C)C)C2=O)cc(Br)c1OCc1ccc(Cl)cc1. The number of benzene rings is 2. The van der Waals surface area contributed by atoms with Crippen LogP contribution in [0.4, 0.5) is 0 Å². The van der Waals surface area contributed by atoms with Crippen molar-refractivity contribution in [1.29, 1.82) is 0 Å². The highest BCUT2D eigenvalue weighted by Gasteiger charge is 2.32. The lowest BCUT2D eigenvalue weighted by Crippen LogP contribution is -2.31. The van der Waals surface area contributed by atoms with Crippen LogP contribution in [0.15, 0.2) is 45.8 Å². The van der Waals surface area contributed by atoms with Crippen LogP contribution in [0, 0.1) is 5.92 Å². The number of halogens is 2. The zero-order chi connectivity index (χ0) is 21.8. The number of ether oxygens (including phenoxy) is 2. The van der Waals surface area contributed by atoms with Crippen molar-refractivity contribution < 1.29 is 14.3 Å². The third kappa shape index (κ3) is 5.58. The zero-order valence-electron chi connectivity index (χ0n) is 16.8. The molecule has 1 amide bonds. The second kappa shape index (κ2) is 10.2. The first kappa shape index (κ1) is 23.1. The van der Waals surface area contributed by atoms with Gasteiger partial charge in [-0.05, 0) is 63.3 Å². The van der Waals surface area contributed by atoms with Crippen molar-refractivity contribution in [3.63, 3.8) is 0 Å². The molecule has 1 fully saturated rings. The van der Waals surface area contributed by atoms with E-state index in [1.807, 2.05) is 42.5 Å². The molecule has 2 aromatic carbocycles. The van der Waals surface area contributed by atoms with Crippen molar-refractivity contribution in [2.45, 2.75) is 20.5 Å². The van der Waals surface area contributed by atoms with E-state index in [0.29, 0.717) is 44.8 Å². The van der Waals surface area contributed by atoms with E-state index < -0.39 is 0 Å². The predicted molar refractivity (Wildman–Crippen MR) is 131 cm³/mol. The van der Waals surface area contributed by atoms with Crippen molar-refractivity contribution in [2.75, 3.05) is 13.7 Å². The second-order valence-electron chi connectivity index (χ2n) is 7.14. The Morgan fingerprint density at radius 1 is 1.27 bits per heavy atom. The van der Waals surface area contributed by atoms with Gasteiger partial charge in [0, 0.05) is 11.6 Å². The minimum Gasteiger partial charge on any atom is -0.493 e. The van der Waals surface area contributed by atoms with Crippen LogP contribution in [-0.4, -0.2) is 28.8 Å². The van der Waals surface area contributed by atoms with Gasteiger partial charge >= 0.3 is 0 Å². The van der Waals surface area contributed by atoms with Crippen LogP contribution < -0.4 is 9.47 Å². The smallest absolute Gasteiger partial charge is 0.266 e. The molecule has 1 heterocycles. The van der Waals surface area contributed by atoms with Gasteiger partial charge in [-0.2, -0.15) is 0 Å². The third-order valence-electron chi connectivity index (χ3n) is 4.27. The first-order valence-electron chi connectivity index (χ1n) is 9.28. The molecule has 0 aliphatic carbocycles. The van der Waals surface area contributed by atoms with Crippen LogP contribution in [0.1, 0.15) is 25.0 Å². The Hall–Kier alpha value is -1.54. The molecule has 8 heteroatoms. The van der Waals surface area contributed by atoms with E-state index in [1.54, 1.807) is 12.0 Å². The molecule has 30 heavy (non-hydrogen) atoms. The fourth-order valence-corrected chi connectivity index (χ4v) is 4.85. The van der Waals surface area contributed by atoms with Gasteiger partial charge in [0.05, 0.1) is 16.5 Å². The Labute approximate surface area is 199 Å². The monoisotopic (exact) mass is 525 g/mol. The molecule has 3 rings (SSSR count). The number of methoxy groups -OCH3 is 1. The number of rotatable bonds is 7. The van der Waals surface area contributed by atoms with E-state index in [-0.39, 0.29) is 5.91 Å². The van der Waals surface area contributed by atoms with Crippen molar-refractivity contribution in [3.8, 4) is 11.5 Å². The van der Waals surface area contributed by atoms with E-state index in [0.717, 1.165) is 15.6 Å². The molecule has 0 unspecified atom stereocenters. The van der Waals surface area contributed by atoms with Crippen LogP contribution in [0.5, 0.6) is 11.5 Å². The normalized spacial score (nSPS) is 15.4. The molecule has 1 aliphatic rings. The fraction of sp³-hybridized carbons (Fsp3) is 0.273. The van der Waals surface area contributed by atoms with E-state index in [9.17, 15) is 4.79 Å². The molecule has 0 saturated carbocycles. The average Bonchev–Trinajstić information content (AvgIpc) is 2.95. The van der Waals surface area contributed by atoms with E-state index >= 15 is 0 Å². The standard InChI is InChI=1S/C22H21BrClNO3S2/c1-13(2)11-25-21(26)19(30-22(25)29)10-15-8-17(23)20(18(9-15)27-3)28-12-14-4-6-16(24)7-5-14/h4-10,13H,11-12H2,1-3H3/b19-10-. The zero-order valence-corrected chi connectivity index (χ0v) is 20.8. The summed E-state index contributed by atoms with van der Waals surface area (Å²) >= 11 is 16.2. The topological polar surface area (TPSA) is 38.8 Å². The van der Waals surface area contributed by atoms with Crippen molar-refractivity contribution in [1.82, 2.24) is 4.90 Å². The van der Waals surface area contributed by atoms with Crippen LogP contribution in [-0.2, 0) is 11.4 Å². The van der Waals surface area contributed by atoms with Gasteiger partial charge in [0.1, 0.15) is 10.9 Å². The lowest BCUT2D eigenvalue weighted by molar-refractivity contribution is -0.122. The number of amides is 1. The summed E-state index contributed by atoms with van der Waals surface area (Å²) < 4.78 is 12.8. The molecular weight excluding hydrogens is 506 g/mol. The Balaban J connectivity index is 1.81. The van der Waals surface area contributed by atoms with Gasteiger partial charge in [0.25, 0.3) is 5.91 Å². The summed E-state index contributed by atoms with van der Waals surface area (Å²) in [6, 6.07) is 11.2. The summed E-state index contributed by atoms with van der Waals surface area (Å²) in [6.45, 7) is 5.12. The number of carbonyl (C=O) groups is 1. The molecule has 0 N–H and O–H groups in total. The summed E-state index contributed by atoms with van der Waals surface area (Å²) in [4.78, 5) is 15.0. The molecule has 0 aromatic heterocycles. The maximum absolute atomic E-state index is 12.7. The van der Waals surface area contributed by atoms with E-state index in [1.165, 1.54) is 11.8 Å². The minimum atomic E-state index is -0.0585. The van der Waals surface area contributed by atoms with Gasteiger partial charge in [0.15, 0.2) is 11.5 Å². The summed E-state index contributed by atoms with van der Waals surface area (Å²) in [5, 5.41) is 0.681. The maximum Gasteiger partial charge on any atom is 0.266 e. The molecule has 0 radical (unpaired) electrons. The Bertz CT molecular complexity index is 993. The van der Waals surface area contributed by atoms with Gasteiger partial charge in [-0.25, -0.2) is 0 Å². The van der Waals surface area contributed by atoms with Crippen molar-refractivity contribution in [3.05, 3.63) is 61.9 Å². The Morgan fingerprint density at radius 2 is 1.97 bits per heavy atom. The lowest BCUT2D eigenvalue weighted by Gasteiger charge is -2.16. The lowest BCUT2D eigenvalue weighted by atomic mass is 10.1. The number of thioether (sulfide) groups is 1. The van der Waals surface area contributed by atoms with E-state index in [4.69, 9.17) is 33.3 Å². The molecule has 0 bridgehead atoms. The summed E-state index contributed by atoms with van der Waals surface area (Å²) in [5.41, 5.74) is 1.81. The number of hydrogen-bond acceptors (Lipinski definition) is 5. The summed E-state index contributed by atoms with van der Waals surface area (Å²) in [6.07, 6.45) is 1.83. The fourth-order valence-electron chi connectivity index (χ4n) is 2.87. The van der Waals surface area contributed by atoms with E-state index in [2.05, 4.69) is 29.8 Å². The molecule has 0 spiro atoms. The average molecular weight is 527 g/mol. The van der Waals surface area contributed by atoms with Crippen LogP contribution >= 0.6 is 51.5 Å². The van der Waals surface area contributed by atoms with Crippen LogP contribution in [0.2, 0.25) is 5.02 Å². The van der Waals surface area contributed by atoms with Gasteiger partial charge < -0.3 is 9.47 Å². The van der Waals surface area contributed by atoms with Gasteiger partial charge in [-0.1, -0.05) is 61.6 Å². The van der Waals surface area contributed by atoms with Gasteiger partial charge in [0.2, 0.25) is 0 Å². The highest BCUT2D eigenvalue weighted by molar-refractivity contribution is 9.10. The van der Waals surface area contributed by atoms with Crippen LogP contribution in [0.3, 0.4) is 0 Å². The second-order valence-corrected chi connectivity index (χ2v) is 10.1. The number of thiocarbonyl (C=S) groups is 1. The van der Waals surface area contributed by atoms with Crippen molar-refractivity contribution in [2.24, 2.45) is 5.92 Å². The molecule has 0 atom stereocenters. The first-order valence-corrected chi connectivity index (χ1v) is 11.7. The predicted octanol–water partition coefficient (Wildman–Crippen LogP) is 6.55. The Kier molecular flexibility index (Phi) is 7.85. The largest absolute Gasteiger partial charge is 0.493 e. The van der Waals surface area contributed by atoms with Crippen LogP contribution in [0.25, 0.3) is 6.08 Å². The molecule has 158 valence electrons. The van der Waals surface area contributed by atoms with Gasteiger partial charge in [-0.3, -0.25) is 9.69 Å². The number of hydrogen-bond donors (Lipinski definition) is 0. The number of nitrogens with zero attached hydrogens (tertiary/aromatic N) is 1. The van der Waals surface area contributed by atoms with Crippen molar-refractivity contribution >= 4 is 67.8 Å². The maximum atomic E-state index is 12.7. The third-order valence-corrected chi connectivity index (χ3v) is 6.49. The quantitative estimate of drug-likeness (QED) is 0.302. The molecule has 1 saturated heterocycles. The Morgan fingerprint density at radius 3 is 2.60 bits per heavy atom. The highest BCUT2D eigenvalue weighted by atomic mass is 79.9. The molecular formula is C22H21BrClNO3S2. The molecule has 2 aromatic rings.